The molecule has 1 atom stereocenters. The van der Waals surface area contributed by atoms with Gasteiger partial charge in [0.2, 0.25) is 11.8 Å². The number of aromatic nitrogens is 2. The third kappa shape index (κ3) is 5.49. The van der Waals surface area contributed by atoms with Gasteiger partial charge in [-0.15, -0.1) is 11.8 Å². The van der Waals surface area contributed by atoms with Crippen molar-refractivity contribution in [1.82, 2.24) is 14.9 Å². The molecule has 0 spiro atoms. The number of hydrogen-bond acceptors (Lipinski definition) is 5. The largest absolute Gasteiger partial charge is 0.368 e. The molecular weight excluding hydrogens is 424 g/mol. The van der Waals surface area contributed by atoms with Gasteiger partial charge < -0.3 is 19.9 Å². The first-order valence-corrected chi connectivity index (χ1v) is 12.1. The van der Waals surface area contributed by atoms with Gasteiger partial charge in [0, 0.05) is 30.2 Å². The second-order valence-corrected chi connectivity index (χ2v) is 8.66. The van der Waals surface area contributed by atoms with E-state index in [1.54, 1.807) is 11.8 Å². The fraction of sp³-hybridized carbons (Fsp3) is 0.375. The molecule has 0 aliphatic carbocycles. The van der Waals surface area contributed by atoms with E-state index in [1.807, 2.05) is 59.4 Å². The molecule has 8 heteroatoms. The molecular formula is C24H28N4O3S. The van der Waals surface area contributed by atoms with Crippen LogP contribution < -0.4 is 10.6 Å². The lowest BCUT2D eigenvalue weighted by Gasteiger charge is -2.12. The first-order chi connectivity index (χ1) is 15.6. The van der Waals surface area contributed by atoms with Gasteiger partial charge in [-0.25, -0.2) is 4.98 Å². The zero-order chi connectivity index (χ0) is 22.3. The van der Waals surface area contributed by atoms with Crippen molar-refractivity contribution in [3.8, 4) is 0 Å². The molecule has 0 bridgehead atoms. The first kappa shape index (κ1) is 22.4. The highest BCUT2D eigenvalue weighted by atomic mass is 32.2. The Labute approximate surface area is 191 Å². The van der Waals surface area contributed by atoms with Crippen LogP contribution in [-0.2, 0) is 27.3 Å². The van der Waals surface area contributed by atoms with Gasteiger partial charge in [0.1, 0.15) is 18.5 Å². The molecule has 1 aliphatic heterocycles. The maximum Gasteiger partial charge on any atom is 0.249 e. The molecule has 2 N–H and O–H groups in total. The number of amides is 2. The van der Waals surface area contributed by atoms with Crippen molar-refractivity contribution in [2.75, 3.05) is 24.7 Å². The lowest BCUT2D eigenvalue weighted by Crippen LogP contribution is -2.34. The predicted molar refractivity (Wildman–Crippen MR) is 127 cm³/mol. The number of carbonyl (C=O) groups excluding carboxylic acids is 2. The minimum absolute atomic E-state index is 0.0390. The van der Waals surface area contributed by atoms with Crippen LogP contribution in [0.3, 0.4) is 0 Å². The molecule has 2 heterocycles. The van der Waals surface area contributed by atoms with Gasteiger partial charge in [0.25, 0.3) is 0 Å². The van der Waals surface area contributed by atoms with E-state index in [0.29, 0.717) is 19.6 Å². The van der Waals surface area contributed by atoms with Crippen molar-refractivity contribution in [2.45, 2.75) is 43.2 Å². The summed E-state index contributed by atoms with van der Waals surface area (Å²) in [4.78, 5) is 30.8. The summed E-state index contributed by atoms with van der Waals surface area (Å²) in [7, 11) is 0. The van der Waals surface area contributed by atoms with Gasteiger partial charge in [-0.3, -0.25) is 9.59 Å². The topological polar surface area (TPSA) is 85.2 Å². The van der Waals surface area contributed by atoms with E-state index in [9.17, 15) is 9.59 Å². The molecule has 4 rings (SSSR count). The van der Waals surface area contributed by atoms with Crippen molar-refractivity contribution >= 4 is 40.3 Å². The van der Waals surface area contributed by atoms with Crippen LogP contribution in [-0.4, -0.2) is 46.9 Å². The van der Waals surface area contributed by atoms with Crippen molar-refractivity contribution in [1.29, 1.82) is 0 Å². The van der Waals surface area contributed by atoms with E-state index in [-0.39, 0.29) is 24.5 Å². The number of ether oxygens (including phenoxy) is 1. The molecule has 0 radical (unpaired) electrons. The van der Waals surface area contributed by atoms with Gasteiger partial charge in [-0.1, -0.05) is 18.2 Å². The molecule has 0 saturated carbocycles. The standard InChI is InChI=1S/C24H28N4O3S/c1-32-18-8-4-7-17(15-18)26-23(29)16-28-20-10-3-2-9-19(20)27-22(28)12-5-13-25-24(30)21-11-6-14-31-21/h2-4,7-10,15,21H,5-6,11-14,16H2,1H3,(H,25,30)(H,26,29). The monoisotopic (exact) mass is 452 g/mol. The number of para-hydroxylation sites is 2. The zero-order valence-electron chi connectivity index (χ0n) is 18.2. The number of nitrogens with one attached hydrogen (secondary N) is 2. The number of thioether (sulfide) groups is 1. The fourth-order valence-electron chi connectivity index (χ4n) is 3.89. The van der Waals surface area contributed by atoms with Crippen LogP contribution in [0.5, 0.6) is 0 Å². The molecule has 2 amide bonds. The van der Waals surface area contributed by atoms with Crippen LogP contribution in [0.1, 0.15) is 25.1 Å². The van der Waals surface area contributed by atoms with E-state index in [4.69, 9.17) is 9.72 Å². The van der Waals surface area contributed by atoms with E-state index in [0.717, 1.165) is 46.7 Å². The second-order valence-electron chi connectivity index (χ2n) is 7.78. The average molecular weight is 453 g/mol. The maximum absolute atomic E-state index is 12.8. The van der Waals surface area contributed by atoms with Crippen LogP contribution in [0.25, 0.3) is 11.0 Å². The Balaban J connectivity index is 1.40. The van der Waals surface area contributed by atoms with E-state index in [1.165, 1.54) is 0 Å². The van der Waals surface area contributed by atoms with E-state index >= 15 is 0 Å². The van der Waals surface area contributed by atoms with Crippen LogP contribution in [0.2, 0.25) is 0 Å². The van der Waals surface area contributed by atoms with Gasteiger partial charge in [0.05, 0.1) is 11.0 Å². The number of anilines is 1. The Morgan fingerprint density at radius 3 is 2.91 bits per heavy atom. The SMILES string of the molecule is CSc1cccc(NC(=O)Cn2c(CCCNC(=O)C3CCCO3)nc3ccccc32)c1. The van der Waals surface area contributed by atoms with Crippen LogP contribution in [0.4, 0.5) is 5.69 Å². The van der Waals surface area contributed by atoms with Gasteiger partial charge >= 0.3 is 0 Å². The number of fused-ring (bicyclic) bond motifs is 1. The zero-order valence-corrected chi connectivity index (χ0v) is 19.0. The maximum atomic E-state index is 12.8. The average Bonchev–Trinajstić information content (AvgIpc) is 3.46. The quantitative estimate of drug-likeness (QED) is 0.383. The summed E-state index contributed by atoms with van der Waals surface area (Å²) in [6, 6.07) is 15.6. The molecule has 3 aromatic rings. The summed E-state index contributed by atoms with van der Waals surface area (Å²) < 4.78 is 7.39. The number of benzene rings is 2. The summed E-state index contributed by atoms with van der Waals surface area (Å²) in [6.45, 7) is 1.39. The number of nitrogens with zero attached hydrogens (tertiary/aromatic N) is 2. The predicted octanol–water partition coefficient (Wildman–Crippen LogP) is 3.62. The lowest BCUT2D eigenvalue weighted by atomic mass is 10.2. The normalized spacial score (nSPS) is 15.7. The van der Waals surface area contributed by atoms with Gasteiger partial charge in [-0.05, 0) is 55.9 Å². The Hall–Kier alpha value is -2.84. The molecule has 32 heavy (non-hydrogen) atoms. The molecule has 1 saturated heterocycles. The number of hydrogen-bond donors (Lipinski definition) is 2. The minimum atomic E-state index is -0.312. The van der Waals surface area contributed by atoms with Crippen LogP contribution in [0, 0.1) is 0 Å². The molecule has 7 nitrogen and oxygen atoms in total. The van der Waals surface area contributed by atoms with Crippen LogP contribution in [0.15, 0.2) is 53.4 Å². The molecule has 1 aromatic heterocycles. The van der Waals surface area contributed by atoms with Crippen molar-refractivity contribution < 1.29 is 14.3 Å². The van der Waals surface area contributed by atoms with Crippen molar-refractivity contribution in [2.24, 2.45) is 0 Å². The third-order valence-corrected chi connectivity index (χ3v) is 6.21. The van der Waals surface area contributed by atoms with E-state index in [2.05, 4.69) is 10.6 Å². The number of aryl methyl sites for hydroxylation is 1. The van der Waals surface area contributed by atoms with Gasteiger partial charge in [0.15, 0.2) is 0 Å². The summed E-state index contributed by atoms with van der Waals surface area (Å²) in [5.41, 5.74) is 2.58. The number of rotatable bonds is 9. The summed E-state index contributed by atoms with van der Waals surface area (Å²) >= 11 is 1.64. The van der Waals surface area contributed by atoms with Crippen LogP contribution >= 0.6 is 11.8 Å². The Morgan fingerprint density at radius 2 is 2.09 bits per heavy atom. The van der Waals surface area contributed by atoms with Crippen molar-refractivity contribution in [3.05, 3.63) is 54.4 Å². The molecule has 1 aliphatic rings. The first-order valence-electron chi connectivity index (χ1n) is 10.9. The third-order valence-electron chi connectivity index (χ3n) is 5.49. The van der Waals surface area contributed by atoms with Gasteiger partial charge in [-0.2, -0.15) is 0 Å². The number of imidazole rings is 1. The molecule has 1 fully saturated rings. The van der Waals surface area contributed by atoms with Crippen molar-refractivity contribution in [3.63, 3.8) is 0 Å². The Morgan fingerprint density at radius 1 is 1.22 bits per heavy atom. The lowest BCUT2D eigenvalue weighted by molar-refractivity contribution is -0.130. The second kappa shape index (κ2) is 10.7. The molecule has 1 unspecified atom stereocenters. The summed E-state index contributed by atoms with van der Waals surface area (Å²) in [5, 5.41) is 5.94. The Bertz CT molecular complexity index is 1090. The highest BCUT2D eigenvalue weighted by Gasteiger charge is 2.23. The molecule has 2 aromatic carbocycles. The fourth-order valence-corrected chi connectivity index (χ4v) is 4.35. The summed E-state index contributed by atoms with van der Waals surface area (Å²) in [6.07, 6.45) is 4.82. The highest BCUT2D eigenvalue weighted by Crippen LogP contribution is 2.20. The highest BCUT2D eigenvalue weighted by molar-refractivity contribution is 7.98. The summed E-state index contributed by atoms with van der Waals surface area (Å²) in [5.74, 6) is 0.702. The van der Waals surface area contributed by atoms with E-state index < -0.39 is 0 Å². The Kier molecular flexibility index (Phi) is 7.44. The number of carbonyl (C=O) groups is 2. The minimum Gasteiger partial charge on any atom is -0.368 e. The molecule has 168 valence electrons. The smallest absolute Gasteiger partial charge is 0.249 e.